The van der Waals surface area contributed by atoms with Crippen LogP contribution in [0.2, 0.25) is 5.02 Å². The number of hydrogen-bond acceptors (Lipinski definition) is 5. The van der Waals surface area contributed by atoms with Crippen LogP contribution in [-0.2, 0) is 29.1 Å². The van der Waals surface area contributed by atoms with Crippen LogP contribution < -0.4 is 10.6 Å². The highest BCUT2D eigenvalue weighted by atomic mass is 35.5. The molecule has 0 fully saturated rings. The monoisotopic (exact) mass is 482 g/mol. The smallest absolute Gasteiger partial charge is 0.322 e. The van der Waals surface area contributed by atoms with Gasteiger partial charge in [-0.15, -0.1) is 0 Å². The summed E-state index contributed by atoms with van der Waals surface area (Å²) in [4.78, 5) is 44.0. The molecule has 4 amide bonds. The largest absolute Gasteiger partial charge is 0.354 e. The molecule has 4 rings (SSSR count). The number of benzene rings is 1. The van der Waals surface area contributed by atoms with Crippen LogP contribution >= 0.6 is 11.6 Å². The Morgan fingerprint density at radius 2 is 2.06 bits per heavy atom. The Morgan fingerprint density at radius 1 is 1.30 bits per heavy atom. The molecular weight excluding hydrogens is 462 g/mol. The van der Waals surface area contributed by atoms with E-state index in [9.17, 15) is 23.2 Å². The van der Waals surface area contributed by atoms with E-state index < -0.39 is 29.7 Å². The number of hydrogen-bond donors (Lipinski definition) is 2. The Bertz CT molecular complexity index is 1140. The summed E-state index contributed by atoms with van der Waals surface area (Å²) < 4.78 is 28.9. The molecule has 1 aromatic carbocycles. The van der Waals surface area contributed by atoms with Gasteiger partial charge in [-0.3, -0.25) is 19.1 Å². The van der Waals surface area contributed by atoms with Gasteiger partial charge in [0.25, 0.3) is 5.91 Å². The molecule has 2 aliphatic rings. The SMILES string of the molecule is CC(=O)NC[C@@H]1Cn2nc3c(c2C(=O)N(C)O1)CN(C(=O)Nc1cc(Cl)c(F)cc1F)CC3. The van der Waals surface area contributed by atoms with Crippen molar-refractivity contribution in [3.63, 3.8) is 0 Å². The van der Waals surface area contributed by atoms with Gasteiger partial charge in [0.1, 0.15) is 23.4 Å². The summed E-state index contributed by atoms with van der Waals surface area (Å²) in [5.74, 6) is -2.55. The van der Waals surface area contributed by atoms with Gasteiger partial charge in [0, 0.05) is 45.1 Å². The number of hydroxylamine groups is 2. The number of carbonyl (C=O) groups excluding carboxylic acids is 3. The lowest BCUT2D eigenvalue weighted by molar-refractivity contribution is -0.148. The molecule has 1 atom stereocenters. The predicted octanol–water partition coefficient (Wildman–Crippen LogP) is 1.93. The number of fused-ring (bicyclic) bond motifs is 3. The molecule has 1 aromatic heterocycles. The van der Waals surface area contributed by atoms with Gasteiger partial charge in [-0.1, -0.05) is 11.6 Å². The molecule has 0 bridgehead atoms. The average Bonchev–Trinajstić information content (AvgIpc) is 3.06. The van der Waals surface area contributed by atoms with Crippen molar-refractivity contribution in [1.29, 1.82) is 0 Å². The maximum absolute atomic E-state index is 14.0. The highest BCUT2D eigenvalue weighted by Crippen LogP contribution is 2.28. The molecule has 10 nitrogen and oxygen atoms in total. The summed E-state index contributed by atoms with van der Waals surface area (Å²) in [6.07, 6.45) is -0.139. The first kappa shape index (κ1) is 22.9. The van der Waals surface area contributed by atoms with Gasteiger partial charge in [-0.25, -0.2) is 18.6 Å². The first-order valence-electron chi connectivity index (χ1n) is 10.1. The second kappa shape index (κ2) is 8.94. The predicted molar refractivity (Wildman–Crippen MR) is 112 cm³/mol. The highest BCUT2D eigenvalue weighted by Gasteiger charge is 2.35. The van der Waals surface area contributed by atoms with E-state index in [0.29, 0.717) is 23.7 Å². The minimum Gasteiger partial charge on any atom is -0.354 e. The molecule has 2 aromatic rings. The maximum Gasteiger partial charge on any atom is 0.322 e. The number of rotatable bonds is 3. The molecule has 176 valence electrons. The van der Waals surface area contributed by atoms with Crippen molar-refractivity contribution in [2.24, 2.45) is 0 Å². The van der Waals surface area contributed by atoms with Crippen LogP contribution in [0.5, 0.6) is 0 Å². The number of amides is 4. The van der Waals surface area contributed by atoms with Crippen LogP contribution in [0.1, 0.15) is 28.7 Å². The van der Waals surface area contributed by atoms with E-state index in [1.165, 1.54) is 23.6 Å². The fourth-order valence-corrected chi connectivity index (χ4v) is 3.95. The fourth-order valence-electron chi connectivity index (χ4n) is 3.79. The van der Waals surface area contributed by atoms with Crippen LogP contribution in [0.15, 0.2) is 12.1 Å². The Hall–Kier alpha value is -3.25. The lowest BCUT2D eigenvalue weighted by atomic mass is 10.1. The Kier molecular flexibility index (Phi) is 6.21. The van der Waals surface area contributed by atoms with Gasteiger partial charge in [0.05, 0.1) is 29.5 Å². The number of anilines is 1. The number of urea groups is 1. The summed E-state index contributed by atoms with van der Waals surface area (Å²) in [5.41, 5.74) is 1.27. The van der Waals surface area contributed by atoms with Gasteiger partial charge in [0.15, 0.2) is 0 Å². The molecular formula is C20H21ClF2N6O4. The molecule has 13 heteroatoms. The Morgan fingerprint density at radius 3 is 2.79 bits per heavy atom. The molecule has 2 aliphatic heterocycles. The number of aromatic nitrogens is 2. The number of nitrogens with one attached hydrogen (secondary N) is 2. The first-order valence-corrected chi connectivity index (χ1v) is 10.5. The quantitative estimate of drug-likeness (QED) is 0.650. The van der Waals surface area contributed by atoms with E-state index in [1.807, 2.05) is 0 Å². The van der Waals surface area contributed by atoms with Crippen molar-refractivity contribution in [2.45, 2.75) is 32.5 Å². The summed E-state index contributed by atoms with van der Waals surface area (Å²) in [7, 11) is 1.46. The van der Waals surface area contributed by atoms with Crippen molar-refractivity contribution in [3.05, 3.63) is 45.7 Å². The van der Waals surface area contributed by atoms with Crippen LogP contribution in [0.3, 0.4) is 0 Å². The maximum atomic E-state index is 14.0. The summed E-state index contributed by atoms with van der Waals surface area (Å²) in [6.45, 7) is 2.14. The zero-order valence-corrected chi connectivity index (χ0v) is 18.6. The fraction of sp³-hybridized carbons (Fsp3) is 0.400. The average molecular weight is 483 g/mol. The molecule has 0 unspecified atom stereocenters. The molecule has 33 heavy (non-hydrogen) atoms. The zero-order chi connectivity index (χ0) is 23.9. The zero-order valence-electron chi connectivity index (χ0n) is 17.8. The minimum absolute atomic E-state index is 0.0585. The van der Waals surface area contributed by atoms with E-state index in [0.717, 1.165) is 11.1 Å². The summed E-state index contributed by atoms with van der Waals surface area (Å²) in [5, 5.41) is 10.3. The first-order chi connectivity index (χ1) is 15.6. The van der Waals surface area contributed by atoms with Crippen LogP contribution in [0.25, 0.3) is 0 Å². The molecule has 0 spiro atoms. The summed E-state index contributed by atoms with van der Waals surface area (Å²) >= 11 is 5.69. The van der Waals surface area contributed by atoms with Gasteiger partial charge in [-0.05, 0) is 6.07 Å². The third-order valence-corrected chi connectivity index (χ3v) is 5.68. The van der Waals surface area contributed by atoms with E-state index in [2.05, 4.69) is 15.7 Å². The van der Waals surface area contributed by atoms with Crippen LogP contribution in [0, 0.1) is 11.6 Å². The van der Waals surface area contributed by atoms with Gasteiger partial charge in [0.2, 0.25) is 5.91 Å². The Balaban J connectivity index is 1.55. The van der Waals surface area contributed by atoms with E-state index >= 15 is 0 Å². The van der Waals surface area contributed by atoms with Gasteiger partial charge < -0.3 is 15.5 Å². The minimum atomic E-state index is -0.957. The van der Waals surface area contributed by atoms with E-state index in [4.69, 9.17) is 16.4 Å². The van der Waals surface area contributed by atoms with Crippen molar-refractivity contribution in [2.75, 3.05) is 25.5 Å². The van der Waals surface area contributed by atoms with Gasteiger partial charge >= 0.3 is 6.03 Å². The number of nitrogens with zero attached hydrogens (tertiary/aromatic N) is 4. The molecule has 0 radical (unpaired) electrons. The van der Waals surface area contributed by atoms with Crippen molar-refractivity contribution in [3.8, 4) is 0 Å². The lowest BCUT2D eigenvalue weighted by Gasteiger charge is -2.27. The van der Waals surface area contributed by atoms with E-state index in [1.54, 1.807) is 0 Å². The molecule has 0 aliphatic carbocycles. The van der Waals surface area contributed by atoms with Crippen molar-refractivity contribution in [1.82, 2.24) is 25.1 Å². The van der Waals surface area contributed by atoms with Gasteiger partial charge in [-0.2, -0.15) is 5.10 Å². The third kappa shape index (κ3) is 4.62. The Labute approximate surface area is 192 Å². The third-order valence-electron chi connectivity index (χ3n) is 5.39. The molecule has 2 N–H and O–H groups in total. The van der Waals surface area contributed by atoms with E-state index in [-0.39, 0.29) is 48.5 Å². The van der Waals surface area contributed by atoms with Crippen molar-refractivity contribution < 1.29 is 28.0 Å². The number of halogens is 3. The van der Waals surface area contributed by atoms with Crippen LogP contribution in [-0.4, -0.2) is 63.8 Å². The van der Waals surface area contributed by atoms with Crippen molar-refractivity contribution >= 4 is 35.1 Å². The topological polar surface area (TPSA) is 109 Å². The summed E-state index contributed by atoms with van der Waals surface area (Å²) in [6, 6.07) is 0.961. The second-order valence-corrected chi connectivity index (χ2v) is 8.18. The normalized spacial score (nSPS) is 17.8. The lowest BCUT2D eigenvalue weighted by Crippen LogP contribution is -2.40. The highest BCUT2D eigenvalue weighted by molar-refractivity contribution is 6.31. The second-order valence-electron chi connectivity index (χ2n) is 7.77. The molecule has 0 saturated carbocycles. The molecule has 0 saturated heterocycles. The standard InChI is InChI=1S/C20H21ClF2N6O4/c1-10(30)24-7-11-8-29-18(19(31)27(2)33-11)12-9-28(4-3-16(12)26-29)20(32)25-17-5-13(21)14(22)6-15(17)23/h5-6,11H,3-4,7-9H2,1-2H3,(H,24,30)(H,25,32)/t11-/m1/s1. The van der Waals surface area contributed by atoms with Crippen LogP contribution in [0.4, 0.5) is 19.3 Å². The number of carbonyl (C=O) groups is 3. The molecule has 3 heterocycles.